The quantitative estimate of drug-likeness (QED) is 0.124. The standard InChI is InChI=1S/C28H32N4O10/c1-10-22(33)14(29)7-17(41-10)42-16-9-28(39,11(2)31-32-27(30)38)8-13-19(16)26(37)21-20(24(13)35)23(34)12-5-4-6-15(40-3)18(12)25(21)36/h4-6,10,14,16-17,22,33,35,37,39H,7-9,29H2,1-3H3,(H3,30,32,38)/b31-11-/t10-,14-,16?,17-,22+,28?/m0/s1. The number of carbonyl (C=O) groups excluding carboxylic acids is 3. The van der Waals surface area contributed by atoms with E-state index in [-0.39, 0.29) is 53.0 Å². The van der Waals surface area contributed by atoms with Gasteiger partial charge < -0.3 is 46.1 Å². The first-order chi connectivity index (χ1) is 19.8. The number of aromatic hydroxyl groups is 2. The summed E-state index contributed by atoms with van der Waals surface area (Å²) >= 11 is 0. The third-order valence-electron chi connectivity index (χ3n) is 8.15. The van der Waals surface area contributed by atoms with E-state index in [2.05, 4.69) is 5.10 Å². The first-order valence-electron chi connectivity index (χ1n) is 13.2. The topological polar surface area (TPSA) is 236 Å². The average molecular weight is 585 g/mol. The molecule has 2 amide bonds. The summed E-state index contributed by atoms with van der Waals surface area (Å²) in [7, 11) is 1.33. The number of ketones is 2. The lowest BCUT2D eigenvalue weighted by atomic mass is 9.72. The fourth-order valence-corrected chi connectivity index (χ4v) is 5.91. The summed E-state index contributed by atoms with van der Waals surface area (Å²) in [4.78, 5) is 38.7. The Morgan fingerprint density at radius 1 is 1.17 bits per heavy atom. The third kappa shape index (κ3) is 4.66. The summed E-state index contributed by atoms with van der Waals surface area (Å²) in [5.74, 6) is -2.61. The third-order valence-corrected chi connectivity index (χ3v) is 8.15. The molecule has 6 atom stereocenters. The van der Waals surface area contributed by atoms with Gasteiger partial charge in [-0.1, -0.05) is 12.1 Å². The number of fused-ring (bicyclic) bond motifs is 3. The van der Waals surface area contributed by atoms with Gasteiger partial charge in [-0.2, -0.15) is 5.10 Å². The fourth-order valence-electron chi connectivity index (χ4n) is 5.91. The number of nitrogens with one attached hydrogen (secondary N) is 1. The maximum absolute atomic E-state index is 13.8. The minimum atomic E-state index is -1.89. The number of primary amides is 1. The van der Waals surface area contributed by atoms with Crippen LogP contribution in [0.15, 0.2) is 23.3 Å². The molecule has 224 valence electrons. The van der Waals surface area contributed by atoms with E-state index in [0.717, 1.165) is 0 Å². The Labute approximate surface area is 239 Å². The van der Waals surface area contributed by atoms with Crippen molar-refractivity contribution in [3.8, 4) is 17.2 Å². The van der Waals surface area contributed by atoms with Crippen molar-refractivity contribution in [2.24, 2.45) is 16.6 Å². The Bertz CT molecular complexity index is 1510. The molecule has 2 unspecified atom stereocenters. The predicted molar refractivity (Wildman–Crippen MR) is 145 cm³/mol. The van der Waals surface area contributed by atoms with Gasteiger partial charge in [0.1, 0.15) is 22.8 Å². The van der Waals surface area contributed by atoms with Gasteiger partial charge in [-0.15, -0.1) is 0 Å². The van der Waals surface area contributed by atoms with Gasteiger partial charge in [0.05, 0.1) is 47.8 Å². The second-order valence-electron chi connectivity index (χ2n) is 10.8. The number of methoxy groups -OCH3 is 1. The number of carbonyl (C=O) groups is 3. The highest BCUT2D eigenvalue weighted by molar-refractivity contribution is 6.31. The van der Waals surface area contributed by atoms with Crippen LogP contribution in [0.2, 0.25) is 0 Å². The van der Waals surface area contributed by atoms with E-state index in [1.807, 2.05) is 5.43 Å². The zero-order chi connectivity index (χ0) is 30.7. The maximum atomic E-state index is 13.8. The van der Waals surface area contributed by atoms with Crippen LogP contribution in [0.5, 0.6) is 17.2 Å². The molecule has 42 heavy (non-hydrogen) atoms. The Morgan fingerprint density at radius 2 is 1.86 bits per heavy atom. The minimum Gasteiger partial charge on any atom is -0.507 e. The average Bonchev–Trinajstić information content (AvgIpc) is 2.94. The predicted octanol–water partition coefficient (Wildman–Crippen LogP) is 0.484. The first-order valence-corrected chi connectivity index (χ1v) is 13.2. The Kier molecular flexibility index (Phi) is 7.45. The number of nitrogens with two attached hydrogens (primary N) is 2. The minimum absolute atomic E-state index is 0.0142. The molecule has 0 aromatic heterocycles. The zero-order valence-electron chi connectivity index (χ0n) is 23.1. The molecule has 1 saturated heterocycles. The molecule has 0 radical (unpaired) electrons. The highest BCUT2D eigenvalue weighted by Crippen LogP contribution is 2.52. The van der Waals surface area contributed by atoms with Gasteiger partial charge in [0.25, 0.3) is 0 Å². The number of ether oxygens (including phenoxy) is 3. The van der Waals surface area contributed by atoms with E-state index in [1.54, 1.807) is 6.92 Å². The van der Waals surface area contributed by atoms with Gasteiger partial charge in [-0.3, -0.25) is 9.59 Å². The molecule has 14 heteroatoms. The van der Waals surface area contributed by atoms with E-state index in [0.29, 0.717) is 0 Å². The monoisotopic (exact) mass is 584 g/mol. The van der Waals surface area contributed by atoms with Crippen molar-refractivity contribution >= 4 is 23.3 Å². The van der Waals surface area contributed by atoms with Crippen LogP contribution in [0.3, 0.4) is 0 Å². The molecule has 9 N–H and O–H groups in total. The van der Waals surface area contributed by atoms with Gasteiger partial charge in [-0.05, 0) is 19.9 Å². The Balaban J connectivity index is 1.68. The van der Waals surface area contributed by atoms with Gasteiger partial charge >= 0.3 is 6.03 Å². The van der Waals surface area contributed by atoms with Crippen LogP contribution in [-0.2, 0) is 15.9 Å². The smallest absolute Gasteiger partial charge is 0.332 e. The summed E-state index contributed by atoms with van der Waals surface area (Å²) in [5.41, 5.74) is 10.3. The highest BCUT2D eigenvalue weighted by Gasteiger charge is 2.49. The molecule has 2 aromatic carbocycles. The number of rotatable bonds is 5. The van der Waals surface area contributed by atoms with Crippen LogP contribution in [0.4, 0.5) is 4.79 Å². The van der Waals surface area contributed by atoms with Crippen molar-refractivity contribution in [3.05, 3.63) is 51.6 Å². The molecule has 1 fully saturated rings. The number of urea groups is 1. The van der Waals surface area contributed by atoms with Gasteiger partial charge in [-0.25, -0.2) is 10.2 Å². The number of hydrazone groups is 1. The summed E-state index contributed by atoms with van der Waals surface area (Å²) < 4.78 is 17.3. The zero-order valence-corrected chi connectivity index (χ0v) is 23.1. The molecule has 5 rings (SSSR count). The molecule has 14 nitrogen and oxygen atoms in total. The number of amides is 2. The molecule has 2 aromatic rings. The van der Waals surface area contributed by atoms with Crippen LogP contribution >= 0.6 is 0 Å². The number of benzene rings is 2. The number of nitrogens with zero attached hydrogens (tertiary/aromatic N) is 1. The SMILES string of the molecule is COc1cccc2c1C(=O)c1c(O)c3c(c(O)c1C2=O)CC(O)(/C(C)=N\NC(N)=O)CC3O[C@H]1C[C@H](N)[C@H](O)[C@H](C)O1. The molecule has 1 aliphatic heterocycles. The molecular weight excluding hydrogens is 552 g/mol. The number of hydrogen-bond acceptors (Lipinski definition) is 12. The summed E-state index contributed by atoms with van der Waals surface area (Å²) in [6.07, 6.45) is -4.54. The van der Waals surface area contributed by atoms with Crippen molar-refractivity contribution in [1.82, 2.24) is 5.43 Å². The van der Waals surface area contributed by atoms with Crippen molar-refractivity contribution in [2.45, 2.75) is 69.4 Å². The number of hydrogen-bond donors (Lipinski definition) is 7. The fraction of sp³-hybridized carbons (Fsp3) is 0.429. The molecule has 0 bridgehead atoms. The second-order valence-corrected chi connectivity index (χ2v) is 10.8. The normalized spacial score (nSPS) is 28.9. The Hall–Kier alpha value is -4.08. The van der Waals surface area contributed by atoms with Crippen molar-refractivity contribution in [2.75, 3.05) is 7.11 Å². The van der Waals surface area contributed by atoms with Gasteiger partial charge in [0, 0.05) is 42.0 Å². The summed E-state index contributed by atoms with van der Waals surface area (Å²) in [6.45, 7) is 3.02. The lowest BCUT2D eigenvalue weighted by Crippen LogP contribution is -2.52. The van der Waals surface area contributed by atoms with Gasteiger partial charge in [0.2, 0.25) is 5.78 Å². The molecule has 3 aliphatic rings. The van der Waals surface area contributed by atoms with Gasteiger partial charge in [0.15, 0.2) is 12.1 Å². The van der Waals surface area contributed by atoms with Crippen molar-refractivity contribution < 1.29 is 49.0 Å². The lowest BCUT2D eigenvalue weighted by Gasteiger charge is -2.42. The van der Waals surface area contributed by atoms with E-state index in [9.17, 15) is 34.8 Å². The second kappa shape index (κ2) is 10.6. The van der Waals surface area contributed by atoms with Crippen molar-refractivity contribution in [3.63, 3.8) is 0 Å². The van der Waals surface area contributed by atoms with E-state index >= 15 is 0 Å². The first kappa shape index (κ1) is 29.4. The number of phenols is 2. The van der Waals surface area contributed by atoms with E-state index < -0.39 is 76.5 Å². The van der Waals surface area contributed by atoms with E-state index in [4.69, 9.17) is 25.7 Å². The number of phenolic OH excluding ortho intramolecular Hbond substituents is 2. The molecule has 2 aliphatic carbocycles. The number of aliphatic hydroxyl groups is 2. The highest BCUT2D eigenvalue weighted by atomic mass is 16.7. The van der Waals surface area contributed by atoms with Crippen LogP contribution in [-0.4, -0.2) is 81.0 Å². The van der Waals surface area contributed by atoms with Crippen LogP contribution in [0.1, 0.15) is 75.8 Å². The van der Waals surface area contributed by atoms with Crippen molar-refractivity contribution in [1.29, 1.82) is 0 Å². The Morgan fingerprint density at radius 3 is 2.50 bits per heavy atom. The number of aliphatic hydroxyl groups excluding tert-OH is 1. The van der Waals surface area contributed by atoms with Crippen LogP contribution in [0, 0.1) is 0 Å². The molecule has 0 spiro atoms. The van der Waals surface area contributed by atoms with Crippen LogP contribution < -0.4 is 21.6 Å². The van der Waals surface area contributed by atoms with Crippen LogP contribution in [0.25, 0.3) is 0 Å². The largest absolute Gasteiger partial charge is 0.507 e. The molecule has 0 saturated carbocycles. The molecule has 1 heterocycles. The molecular formula is C28H32N4O10. The summed E-state index contributed by atoms with van der Waals surface area (Å²) in [5, 5.41) is 48.9. The maximum Gasteiger partial charge on any atom is 0.332 e. The lowest BCUT2D eigenvalue weighted by molar-refractivity contribution is -0.245. The van der Waals surface area contributed by atoms with E-state index in [1.165, 1.54) is 32.2 Å². The summed E-state index contributed by atoms with van der Waals surface area (Å²) in [6, 6.07) is 2.73.